The summed E-state index contributed by atoms with van der Waals surface area (Å²) in [5.74, 6) is 0.538. The quantitative estimate of drug-likeness (QED) is 0.892. The van der Waals surface area contributed by atoms with Crippen molar-refractivity contribution in [2.75, 3.05) is 6.61 Å². The summed E-state index contributed by atoms with van der Waals surface area (Å²) >= 11 is 0. The van der Waals surface area contributed by atoms with Gasteiger partial charge in [-0.25, -0.2) is 0 Å². The third-order valence-electron chi connectivity index (χ3n) is 4.91. The van der Waals surface area contributed by atoms with Crippen LogP contribution in [0.5, 0.6) is 0 Å². The molecule has 1 aliphatic carbocycles. The molecule has 1 saturated carbocycles. The molecule has 1 aromatic heterocycles. The molecule has 0 radical (unpaired) electrons. The van der Waals surface area contributed by atoms with Crippen LogP contribution in [-0.2, 0) is 11.8 Å². The Morgan fingerprint density at radius 2 is 2.21 bits per heavy atom. The van der Waals surface area contributed by atoms with E-state index in [2.05, 4.69) is 5.10 Å². The van der Waals surface area contributed by atoms with Gasteiger partial charge >= 0.3 is 0 Å². The lowest BCUT2D eigenvalue weighted by Gasteiger charge is -2.44. The highest BCUT2D eigenvalue weighted by atomic mass is 16.5. The van der Waals surface area contributed by atoms with Crippen LogP contribution in [0.15, 0.2) is 12.4 Å². The molecule has 2 unspecified atom stereocenters. The van der Waals surface area contributed by atoms with E-state index >= 15 is 0 Å². The van der Waals surface area contributed by atoms with Gasteiger partial charge in [-0.15, -0.1) is 0 Å². The molecule has 19 heavy (non-hydrogen) atoms. The van der Waals surface area contributed by atoms with E-state index in [1.807, 2.05) is 24.1 Å². The number of aromatic nitrogens is 2. The molecule has 4 nitrogen and oxygen atoms in total. The minimum atomic E-state index is 0.108. The van der Waals surface area contributed by atoms with Crippen molar-refractivity contribution in [3.05, 3.63) is 18.0 Å². The van der Waals surface area contributed by atoms with Gasteiger partial charge < -0.3 is 10.5 Å². The van der Waals surface area contributed by atoms with Gasteiger partial charge in [-0.3, -0.25) is 4.68 Å². The summed E-state index contributed by atoms with van der Waals surface area (Å²) in [6, 6.07) is 0.108. The maximum atomic E-state index is 6.46. The Morgan fingerprint density at radius 1 is 1.42 bits per heavy atom. The summed E-state index contributed by atoms with van der Waals surface area (Å²) in [6.07, 6.45) is 12.6. The zero-order valence-electron chi connectivity index (χ0n) is 11.8. The van der Waals surface area contributed by atoms with E-state index in [-0.39, 0.29) is 11.6 Å². The zero-order chi connectivity index (χ0) is 13.3. The zero-order valence-corrected chi connectivity index (χ0v) is 11.8. The fraction of sp³-hybridized carbons (Fsp3) is 0.800. The Labute approximate surface area is 115 Å². The molecule has 1 saturated heterocycles. The minimum Gasteiger partial charge on any atom is -0.375 e. The van der Waals surface area contributed by atoms with Gasteiger partial charge in [0.25, 0.3) is 0 Å². The van der Waals surface area contributed by atoms with Crippen LogP contribution in [0.25, 0.3) is 0 Å². The van der Waals surface area contributed by atoms with E-state index in [1.54, 1.807) is 0 Å². The summed E-state index contributed by atoms with van der Waals surface area (Å²) in [6.45, 7) is 0.874. The van der Waals surface area contributed by atoms with Crippen LogP contribution in [-0.4, -0.2) is 22.0 Å². The Kier molecular flexibility index (Phi) is 3.63. The number of hydrogen-bond acceptors (Lipinski definition) is 3. The number of nitrogens with two attached hydrogens (primary N) is 1. The highest BCUT2D eigenvalue weighted by Crippen LogP contribution is 2.43. The number of nitrogens with zero attached hydrogens (tertiary/aromatic N) is 2. The topological polar surface area (TPSA) is 53.1 Å². The van der Waals surface area contributed by atoms with Crippen LogP contribution >= 0.6 is 0 Å². The molecule has 2 fully saturated rings. The fourth-order valence-corrected chi connectivity index (χ4v) is 3.80. The first-order chi connectivity index (χ1) is 9.19. The Bertz CT molecular complexity index is 417. The molecule has 1 aliphatic heterocycles. The van der Waals surface area contributed by atoms with Crippen molar-refractivity contribution < 1.29 is 4.74 Å². The third-order valence-corrected chi connectivity index (χ3v) is 4.91. The molecule has 1 aromatic rings. The van der Waals surface area contributed by atoms with Gasteiger partial charge in [-0.1, -0.05) is 19.3 Å². The van der Waals surface area contributed by atoms with Crippen molar-refractivity contribution in [2.45, 2.75) is 56.6 Å². The van der Waals surface area contributed by atoms with Gasteiger partial charge in [0.05, 0.1) is 11.8 Å². The average Bonchev–Trinajstić information content (AvgIpc) is 2.85. The Morgan fingerprint density at radius 3 is 2.89 bits per heavy atom. The van der Waals surface area contributed by atoms with Gasteiger partial charge in [0.1, 0.15) is 0 Å². The standard InChI is InChI=1S/C15H25N3O/c1-18-11-13(10-17-18)14(16)12-5-8-19-15(9-12)6-3-2-4-7-15/h10-12,14H,2-9,16H2,1H3. The predicted molar refractivity (Wildman–Crippen MR) is 74.6 cm³/mol. The second kappa shape index (κ2) is 5.25. The minimum absolute atomic E-state index is 0.108. The van der Waals surface area contributed by atoms with E-state index in [1.165, 1.54) is 37.7 Å². The van der Waals surface area contributed by atoms with Crippen molar-refractivity contribution in [3.8, 4) is 0 Å². The largest absolute Gasteiger partial charge is 0.375 e. The molecule has 2 heterocycles. The number of ether oxygens (including phenoxy) is 1. The first kappa shape index (κ1) is 13.1. The molecule has 1 spiro atoms. The lowest BCUT2D eigenvalue weighted by Crippen LogP contribution is -2.44. The van der Waals surface area contributed by atoms with Gasteiger partial charge in [-0.2, -0.15) is 5.10 Å². The predicted octanol–water partition coefficient (Wildman–Crippen LogP) is 2.55. The highest BCUT2D eigenvalue weighted by Gasteiger charge is 2.40. The van der Waals surface area contributed by atoms with E-state index in [4.69, 9.17) is 10.5 Å². The van der Waals surface area contributed by atoms with Crippen molar-refractivity contribution in [1.82, 2.24) is 9.78 Å². The van der Waals surface area contributed by atoms with Crippen molar-refractivity contribution in [1.29, 1.82) is 0 Å². The van der Waals surface area contributed by atoms with E-state index in [9.17, 15) is 0 Å². The van der Waals surface area contributed by atoms with Gasteiger partial charge in [0, 0.05) is 31.5 Å². The molecule has 2 atom stereocenters. The smallest absolute Gasteiger partial charge is 0.0685 e. The summed E-state index contributed by atoms with van der Waals surface area (Å²) in [7, 11) is 1.95. The Balaban J connectivity index is 1.70. The molecule has 0 bridgehead atoms. The van der Waals surface area contributed by atoms with Crippen molar-refractivity contribution in [3.63, 3.8) is 0 Å². The van der Waals surface area contributed by atoms with Crippen LogP contribution in [0, 0.1) is 5.92 Å². The van der Waals surface area contributed by atoms with Crippen LogP contribution < -0.4 is 5.73 Å². The molecule has 2 N–H and O–H groups in total. The second-order valence-corrected chi connectivity index (χ2v) is 6.32. The number of rotatable bonds is 2. The molecular weight excluding hydrogens is 238 g/mol. The van der Waals surface area contributed by atoms with Gasteiger partial charge in [-0.05, 0) is 31.6 Å². The Hall–Kier alpha value is -0.870. The number of aryl methyl sites for hydroxylation is 1. The monoisotopic (exact) mass is 263 g/mol. The average molecular weight is 263 g/mol. The van der Waals surface area contributed by atoms with E-state index in [0.29, 0.717) is 5.92 Å². The van der Waals surface area contributed by atoms with Crippen LogP contribution in [0.1, 0.15) is 56.6 Å². The normalized spacial score (nSPS) is 28.4. The van der Waals surface area contributed by atoms with Crippen molar-refractivity contribution in [2.24, 2.45) is 18.7 Å². The first-order valence-corrected chi connectivity index (χ1v) is 7.57. The van der Waals surface area contributed by atoms with E-state index in [0.717, 1.165) is 19.4 Å². The summed E-state index contributed by atoms with van der Waals surface area (Å²) in [4.78, 5) is 0. The molecule has 0 aromatic carbocycles. The fourth-order valence-electron chi connectivity index (χ4n) is 3.80. The lowest BCUT2D eigenvalue weighted by atomic mass is 9.73. The molecule has 3 rings (SSSR count). The maximum Gasteiger partial charge on any atom is 0.0685 e. The number of hydrogen-bond donors (Lipinski definition) is 1. The molecule has 4 heteroatoms. The van der Waals surface area contributed by atoms with Crippen LogP contribution in [0.4, 0.5) is 0 Å². The lowest BCUT2D eigenvalue weighted by molar-refractivity contribution is -0.120. The van der Waals surface area contributed by atoms with Crippen LogP contribution in [0.2, 0.25) is 0 Å². The molecule has 0 amide bonds. The summed E-state index contributed by atoms with van der Waals surface area (Å²) < 4.78 is 7.99. The maximum absolute atomic E-state index is 6.46. The molecule has 2 aliphatic rings. The SMILES string of the molecule is Cn1cc(C(N)C2CCOC3(CCCCC3)C2)cn1. The first-order valence-electron chi connectivity index (χ1n) is 7.57. The third kappa shape index (κ3) is 2.70. The highest BCUT2D eigenvalue weighted by molar-refractivity contribution is 5.12. The van der Waals surface area contributed by atoms with Gasteiger partial charge in [0.15, 0.2) is 0 Å². The van der Waals surface area contributed by atoms with Crippen molar-refractivity contribution >= 4 is 0 Å². The summed E-state index contributed by atoms with van der Waals surface area (Å²) in [5, 5.41) is 4.24. The second-order valence-electron chi connectivity index (χ2n) is 6.32. The van der Waals surface area contributed by atoms with Gasteiger partial charge in [0.2, 0.25) is 0 Å². The van der Waals surface area contributed by atoms with E-state index < -0.39 is 0 Å². The molecule has 106 valence electrons. The molecular formula is C15H25N3O. The van der Waals surface area contributed by atoms with Crippen LogP contribution in [0.3, 0.4) is 0 Å². The summed E-state index contributed by atoms with van der Waals surface area (Å²) in [5.41, 5.74) is 7.77.